The van der Waals surface area contributed by atoms with Gasteiger partial charge in [-0.1, -0.05) is 78.9 Å². The Bertz CT molecular complexity index is 1900. The van der Waals surface area contributed by atoms with Crippen LogP contribution in [0.1, 0.15) is 27.8 Å². The molecule has 5 aromatic rings. The number of amides is 2. The Balaban J connectivity index is 1.28. The van der Waals surface area contributed by atoms with Gasteiger partial charge in [-0.3, -0.25) is 24.5 Å². The number of aromatic nitrogens is 2. The van der Waals surface area contributed by atoms with Crippen molar-refractivity contribution in [2.24, 2.45) is 0 Å². The van der Waals surface area contributed by atoms with Crippen LogP contribution in [-0.2, 0) is 35.3 Å². The fourth-order valence-electron chi connectivity index (χ4n) is 6.13. The topological polar surface area (TPSA) is 69.6 Å². The van der Waals surface area contributed by atoms with E-state index in [0.29, 0.717) is 31.7 Å². The van der Waals surface area contributed by atoms with Gasteiger partial charge in [-0.2, -0.15) is 13.2 Å². The number of pyridine rings is 2. The third-order valence-electron chi connectivity index (χ3n) is 8.94. The molecule has 260 valence electrons. The van der Waals surface area contributed by atoms with E-state index in [1.165, 1.54) is 29.8 Å². The van der Waals surface area contributed by atoms with E-state index in [1.807, 2.05) is 77.7 Å². The van der Waals surface area contributed by atoms with Gasteiger partial charge in [-0.15, -0.1) is 0 Å². The number of piperazine rings is 1. The van der Waals surface area contributed by atoms with Crippen molar-refractivity contribution in [3.05, 3.63) is 162 Å². The van der Waals surface area contributed by atoms with Crippen LogP contribution in [0, 0.1) is 0 Å². The molecular weight excluding hydrogens is 651 g/mol. The van der Waals surface area contributed by atoms with E-state index in [9.17, 15) is 22.8 Å². The second-order valence-corrected chi connectivity index (χ2v) is 12.5. The minimum atomic E-state index is -4.46. The van der Waals surface area contributed by atoms with E-state index in [1.54, 1.807) is 23.5 Å². The van der Waals surface area contributed by atoms with Crippen LogP contribution in [0.5, 0.6) is 0 Å². The highest BCUT2D eigenvalue weighted by Crippen LogP contribution is 2.29. The van der Waals surface area contributed by atoms with E-state index < -0.39 is 23.7 Å². The van der Waals surface area contributed by atoms with Crippen LogP contribution in [0.4, 0.5) is 13.2 Å². The molecule has 3 heterocycles. The lowest BCUT2D eigenvalue weighted by atomic mass is 10.0. The molecule has 7 nitrogen and oxygen atoms in total. The van der Waals surface area contributed by atoms with Crippen molar-refractivity contribution in [2.45, 2.75) is 31.7 Å². The van der Waals surface area contributed by atoms with Crippen molar-refractivity contribution < 1.29 is 22.8 Å². The van der Waals surface area contributed by atoms with Crippen LogP contribution in [-0.4, -0.2) is 68.7 Å². The normalized spacial score (nSPS) is 14.4. The first-order valence-corrected chi connectivity index (χ1v) is 16.8. The Morgan fingerprint density at radius 2 is 1.45 bits per heavy atom. The molecule has 0 radical (unpaired) electrons. The SMILES string of the molecule is O=C([C@H](Cc1ccccc1)N(Cc1ccc(-c2cccnc2)nc1)C(=O)C=Cc1ccc(C(F)(F)F)cc1)N1CCN(Cc2ccccc2)CC1. The van der Waals surface area contributed by atoms with E-state index in [2.05, 4.69) is 27.0 Å². The summed E-state index contributed by atoms with van der Waals surface area (Å²) >= 11 is 0. The lowest BCUT2D eigenvalue weighted by Gasteiger charge is -2.39. The number of carbonyl (C=O) groups excluding carboxylic acids is 2. The molecule has 1 aliphatic rings. The lowest BCUT2D eigenvalue weighted by Crippen LogP contribution is -2.56. The molecule has 2 aromatic heterocycles. The molecule has 2 amide bonds. The largest absolute Gasteiger partial charge is 0.416 e. The Labute approximate surface area is 295 Å². The summed E-state index contributed by atoms with van der Waals surface area (Å²) < 4.78 is 39.5. The summed E-state index contributed by atoms with van der Waals surface area (Å²) in [6.45, 7) is 3.30. The lowest BCUT2D eigenvalue weighted by molar-refractivity contribution is -0.145. The van der Waals surface area contributed by atoms with Crippen LogP contribution in [0.2, 0.25) is 0 Å². The molecule has 0 saturated carbocycles. The van der Waals surface area contributed by atoms with E-state index in [-0.39, 0.29) is 18.9 Å². The number of benzene rings is 3. The molecule has 1 atom stereocenters. The van der Waals surface area contributed by atoms with Crippen LogP contribution in [0.25, 0.3) is 17.3 Å². The van der Waals surface area contributed by atoms with Gasteiger partial charge >= 0.3 is 6.18 Å². The number of carbonyl (C=O) groups is 2. The predicted octanol–water partition coefficient (Wildman–Crippen LogP) is 7.16. The first-order chi connectivity index (χ1) is 24.7. The van der Waals surface area contributed by atoms with Crippen LogP contribution >= 0.6 is 0 Å². The summed E-state index contributed by atoms with van der Waals surface area (Å²) in [6, 6.07) is 31.0. The van der Waals surface area contributed by atoms with Crippen molar-refractivity contribution in [3.8, 4) is 11.3 Å². The summed E-state index contributed by atoms with van der Waals surface area (Å²) in [5.74, 6) is -0.599. The summed E-state index contributed by atoms with van der Waals surface area (Å²) in [5.41, 5.74) is 4.05. The highest BCUT2D eigenvalue weighted by atomic mass is 19.4. The molecule has 1 aliphatic heterocycles. The van der Waals surface area contributed by atoms with Crippen molar-refractivity contribution >= 4 is 17.9 Å². The van der Waals surface area contributed by atoms with Crippen LogP contribution in [0.15, 0.2) is 134 Å². The molecule has 51 heavy (non-hydrogen) atoms. The second-order valence-electron chi connectivity index (χ2n) is 12.5. The molecule has 6 rings (SSSR count). The fourth-order valence-corrected chi connectivity index (χ4v) is 6.13. The third kappa shape index (κ3) is 9.55. The molecule has 1 fully saturated rings. The fraction of sp³-hybridized carbons (Fsp3) is 0.220. The smallest absolute Gasteiger partial charge is 0.338 e. The Morgan fingerprint density at radius 3 is 2.06 bits per heavy atom. The maximum absolute atomic E-state index is 14.5. The maximum atomic E-state index is 14.5. The number of nitrogens with zero attached hydrogens (tertiary/aromatic N) is 5. The summed E-state index contributed by atoms with van der Waals surface area (Å²) in [7, 11) is 0. The van der Waals surface area contributed by atoms with Crippen molar-refractivity contribution in [2.75, 3.05) is 26.2 Å². The van der Waals surface area contributed by atoms with E-state index >= 15 is 0 Å². The van der Waals surface area contributed by atoms with Crippen molar-refractivity contribution in [1.29, 1.82) is 0 Å². The highest BCUT2D eigenvalue weighted by Gasteiger charge is 2.34. The summed E-state index contributed by atoms with van der Waals surface area (Å²) in [5, 5.41) is 0. The second kappa shape index (κ2) is 16.4. The zero-order chi connectivity index (χ0) is 35.6. The zero-order valence-corrected chi connectivity index (χ0v) is 28.0. The number of hydrogen-bond donors (Lipinski definition) is 0. The van der Waals surface area contributed by atoms with Gasteiger partial charge in [-0.05, 0) is 58.7 Å². The molecule has 0 N–H and O–H groups in total. The van der Waals surface area contributed by atoms with Gasteiger partial charge in [0.1, 0.15) is 6.04 Å². The minimum absolute atomic E-state index is 0.0910. The van der Waals surface area contributed by atoms with Gasteiger partial charge in [0, 0.05) is 75.9 Å². The first kappa shape index (κ1) is 35.2. The van der Waals surface area contributed by atoms with Gasteiger partial charge in [0.2, 0.25) is 11.8 Å². The maximum Gasteiger partial charge on any atom is 0.416 e. The molecule has 0 spiro atoms. The Kier molecular flexibility index (Phi) is 11.3. The number of hydrogen-bond acceptors (Lipinski definition) is 5. The molecule has 1 saturated heterocycles. The standard InChI is InChI=1S/C41H38F3N5O2/c42-41(43,44)36-17-13-31(14-18-36)16-20-39(50)49(30-34-15-19-37(46-27-34)35-12-7-21-45-28-35)38(26-32-8-3-1-4-9-32)40(51)48-24-22-47(23-25-48)29-33-10-5-2-6-11-33/h1-21,27-28,38H,22-26,29-30H2/t38-/m0/s1. The quantitative estimate of drug-likeness (QED) is 0.138. The number of alkyl halides is 3. The van der Waals surface area contributed by atoms with Crippen LogP contribution < -0.4 is 0 Å². The molecule has 10 heteroatoms. The molecule has 0 unspecified atom stereocenters. The average molecular weight is 690 g/mol. The number of halogens is 3. The van der Waals surface area contributed by atoms with E-state index in [0.717, 1.165) is 41.1 Å². The van der Waals surface area contributed by atoms with Crippen molar-refractivity contribution in [3.63, 3.8) is 0 Å². The monoisotopic (exact) mass is 689 g/mol. The highest BCUT2D eigenvalue weighted by molar-refractivity contribution is 5.95. The molecule has 0 bridgehead atoms. The zero-order valence-electron chi connectivity index (χ0n) is 28.0. The third-order valence-corrected chi connectivity index (χ3v) is 8.94. The van der Waals surface area contributed by atoms with Crippen LogP contribution in [0.3, 0.4) is 0 Å². The number of rotatable bonds is 11. The van der Waals surface area contributed by atoms with Gasteiger partial charge in [0.25, 0.3) is 0 Å². The van der Waals surface area contributed by atoms with Gasteiger partial charge in [-0.25, -0.2) is 0 Å². The van der Waals surface area contributed by atoms with E-state index in [4.69, 9.17) is 0 Å². The summed E-state index contributed by atoms with van der Waals surface area (Å²) in [6.07, 6.45) is 3.71. The molecule has 3 aromatic carbocycles. The first-order valence-electron chi connectivity index (χ1n) is 16.8. The minimum Gasteiger partial charge on any atom is -0.338 e. The summed E-state index contributed by atoms with van der Waals surface area (Å²) in [4.78, 5) is 43.1. The van der Waals surface area contributed by atoms with Crippen molar-refractivity contribution in [1.82, 2.24) is 24.7 Å². The predicted molar refractivity (Wildman–Crippen MR) is 191 cm³/mol. The van der Waals surface area contributed by atoms with Gasteiger partial charge in [0.15, 0.2) is 0 Å². The average Bonchev–Trinajstić information content (AvgIpc) is 3.16. The molecule has 0 aliphatic carbocycles. The molecular formula is C41H38F3N5O2. The van der Waals surface area contributed by atoms with Gasteiger partial charge in [0.05, 0.1) is 11.3 Å². The Morgan fingerprint density at radius 1 is 0.765 bits per heavy atom. The Hall–Kier alpha value is -5.61. The van der Waals surface area contributed by atoms with Gasteiger partial charge < -0.3 is 9.80 Å².